The van der Waals surface area contributed by atoms with Gasteiger partial charge in [0, 0.05) is 12.7 Å². The van der Waals surface area contributed by atoms with Gasteiger partial charge in [0.2, 0.25) is 0 Å². The number of hydrogen-bond donors (Lipinski definition) is 3. The first-order valence-electron chi connectivity index (χ1n) is 3.93. The zero-order chi connectivity index (χ0) is 9.84. The van der Waals surface area contributed by atoms with Crippen molar-refractivity contribution in [1.82, 2.24) is 4.98 Å². The molecule has 0 bridgehead atoms. The van der Waals surface area contributed by atoms with Crippen LogP contribution in [0.5, 0.6) is 0 Å². The van der Waals surface area contributed by atoms with E-state index >= 15 is 0 Å². The molecular formula is C8H12BrN3O. The zero-order valence-electron chi connectivity index (χ0n) is 7.29. The maximum absolute atomic E-state index is 9.04. The van der Waals surface area contributed by atoms with Gasteiger partial charge in [-0.1, -0.05) is 0 Å². The monoisotopic (exact) mass is 245 g/mol. The molecule has 0 aliphatic carbocycles. The van der Waals surface area contributed by atoms with Crippen LogP contribution in [0.3, 0.4) is 0 Å². The van der Waals surface area contributed by atoms with E-state index in [0.717, 1.165) is 4.47 Å². The van der Waals surface area contributed by atoms with Gasteiger partial charge in [-0.15, -0.1) is 0 Å². The molecule has 0 unspecified atom stereocenters. The third kappa shape index (κ3) is 2.86. The predicted octanol–water partition coefficient (Wildman–Crippen LogP) is 1.22. The Morgan fingerprint density at radius 2 is 2.46 bits per heavy atom. The van der Waals surface area contributed by atoms with Gasteiger partial charge in [-0.3, -0.25) is 0 Å². The normalized spacial score (nSPS) is 12.5. The van der Waals surface area contributed by atoms with Gasteiger partial charge in [0.25, 0.3) is 0 Å². The molecule has 0 aliphatic rings. The van der Waals surface area contributed by atoms with Gasteiger partial charge in [-0.25, -0.2) is 4.98 Å². The molecule has 1 heterocycles. The molecule has 1 aromatic rings. The Bertz CT molecular complexity index is 291. The standard InChI is InChI=1S/C8H12BrN3O/c1-5(13)4-12-8-7(9)6(10)2-3-11-8/h2-3,5,13H,4H2,1H3,(H3,10,11,12)/t5-/m0/s1. The second kappa shape index (κ2) is 4.43. The van der Waals surface area contributed by atoms with Gasteiger partial charge >= 0.3 is 0 Å². The largest absolute Gasteiger partial charge is 0.398 e. The van der Waals surface area contributed by atoms with Crippen molar-refractivity contribution in [2.75, 3.05) is 17.6 Å². The molecule has 4 N–H and O–H groups in total. The van der Waals surface area contributed by atoms with E-state index in [1.54, 1.807) is 19.2 Å². The van der Waals surface area contributed by atoms with Crippen LogP contribution in [-0.2, 0) is 0 Å². The first kappa shape index (κ1) is 10.3. The number of rotatable bonds is 3. The van der Waals surface area contributed by atoms with Gasteiger partial charge in [0.15, 0.2) is 0 Å². The summed E-state index contributed by atoms with van der Waals surface area (Å²) in [4.78, 5) is 4.06. The molecule has 0 saturated carbocycles. The Hall–Kier alpha value is -0.810. The van der Waals surface area contributed by atoms with Crippen LogP contribution < -0.4 is 11.1 Å². The summed E-state index contributed by atoms with van der Waals surface area (Å²) < 4.78 is 0.732. The minimum Gasteiger partial charge on any atom is -0.398 e. The highest BCUT2D eigenvalue weighted by molar-refractivity contribution is 9.10. The van der Waals surface area contributed by atoms with E-state index in [4.69, 9.17) is 10.8 Å². The molecular weight excluding hydrogens is 234 g/mol. The molecule has 5 heteroatoms. The van der Waals surface area contributed by atoms with Crippen LogP contribution in [0.4, 0.5) is 11.5 Å². The third-order valence-corrected chi connectivity index (χ3v) is 2.32. The van der Waals surface area contributed by atoms with Crippen LogP contribution >= 0.6 is 15.9 Å². The lowest BCUT2D eigenvalue weighted by Gasteiger charge is -2.09. The molecule has 1 rings (SSSR count). The number of nitrogen functional groups attached to an aromatic ring is 1. The van der Waals surface area contributed by atoms with Crippen LogP contribution in [0.25, 0.3) is 0 Å². The summed E-state index contributed by atoms with van der Waals surface area (Å²) in [7, 11) is 0. The number of nitrogens with two attached hydrogens (primary N) is 1. The summed E-state index contributed by atoms with van der Waals surface area (Å²) in [5.41, 5.74) is 6.27. The van der Waals surface area contributed by atoms with E-state index < -0.39 is 6.10 Å². The smallest absolute Gasteiger partial charge is 0.142 e. The number of halogens is 1. The van der Waals surface area contributed by atoms with E-state index in [2.05, 4.69) is 26.2 Å². The SMILES string of the molecule is C[C@H](O)CNc1nccc(N)c1Br. The molecule has 0 fully saturated rings. The first-order chi connectivity index (χ1) is 6.11. The van der Waals surface area contributed by atoms with E-state index in [1.165, 1.54) is 0 Å². The van der Waals surface area contributed by atoms with Crippen molar-refractivity contribution in [3.63, 3.8) is 0 Å². The van der Waals surface area contributed by atoms with Crippen LogP contribution in [0.15, 0.2) is 16.7 Å². The summed E-state index contributed by atoms with van der Waals surface area (Å²) >= 11 is 3.30. The second-order valence-electron chi connectivity index (χ2n) is 2.79. The predicted molar refractivity (Wildman–Crippen MR) is 56.5 cm³/mol. The number of hydrogen-bond acceptors (Lipinski definition) is 4. The summed E-state index contributed by atoms with van der Waals surface area (Å²) in [6, 6.07) is 1.71. The number of anilines is 2. The van der Waals surface area contributed by atoms with Crippen molar-refractivity contribution < 1.29 is 5.11 Å². The minimum atomic E-state index is -0.407. The molecule has 0 amide bonds. The zero-order valence-corrected chi connectivity index (χ0v) is 8.87. The Kier molecular flexibility index (Phi) is 3.50. The molecule has 13 heavy (non-hydrogen) atoms. The van der Waals surface area contributed by atoms with Crippen LogP contribution in [0.1, 0.15) is 6.92 Å². The Balaban J connectivity index is 2.71. The quantitative estimate of drug-likeness (QED) is 0.749. The number of aliphatic hydroxyl groups excluding tert-OH is 1. The third-order valence-electron chi connectivity index (χ3n) is 1.48. The van der Waals surface area contributed by atoms with Crippen molar-refractivity contribution in [2.24, 2.45) is 0 Å². The molecule has 1 aromatic heterocycles. The van der Waals surface area contributed by atoms with Crippen LogP contribution in [-0.4, -0.2) is 22.7 Å². The van der Waals surface area contributed by atoms with Crippen molar-refractivity contribution in [3.05, 3.63) is 16.7 Å². The lowest BCUT2D eigenvalue weighted by atomic mass is 10.3. The van der Waals surface area contributed by atoms with Gasteiger partial charge in [-0.05, 0) is 28.9 Å². The van der Waals surface area contributed by atoms with Crippen molar-refractivity contribution >= 4 is 27.4 Å². The number of pyridine rings is 1. The molecule has 0 spiro atoms. The number of nitrogens with zero attached hydrogens (tertiary/aromatic N) is 1. The maximum atomic E-state index is 9.04. The van der Waals surface area contributed by atoms with Crippen LogP contribution in [0.2, 0.25) is 0 Å². The van der Waals surface area contributed by atoms with E-state index in [9.17, 15) is 0 Å². The van der Waals surface area contributed by atoms with Gasteiger partial charge in [0.05, 0.1) is 16.3 Å². The van der Waals surface area contributed by atoms with Crippen molar-refractivity contribution in [2.45, 2.75) is 13.0 Å². The van der Waals surface area contributed by atoms with Crippen molar-refractivity contribution in [1.29, 1.82) is 0 Å². The van der Waals surface area contributed by atoms with Gasteiger partial charge in [0.1, 0.15) is 5.82 Å². The Labute approximate surface area is 85.3 Å². The highest BCUT2D eigenvalue weighted by Crippen LogP contribution is 2.25. The Morgan fingerprint density at radius 1 is 1.77 bits per heavy atom. The van der Waals surface area contributed by atoms with Crippen molar-refractivity contribution in [3.8, 4) is 0 Å². The van der Waals surface area contributed by atoms with Gasteiger partial charge in [-0.2, -0.15) is 0 Å². The number of nitrogens with one attached hydrogen (secondary N) is 1. The molecule has 0 aliphatic heterocycles. The summed E-state index contributed by atoms with van der Waals surface area (Å²) in [6.07, 6.45) is 1.21. The van der Waals surface area contributed by atoms with E-state index in [0.29, 0.717) is 18.1 Å². The lowest BCUT2D eigenvalue weighted by Crippen LogP contribution is -2.16. The van der Waals surface area contributed by atoms with Crippen LogP contribution in [0, 0.1) is 0 Å². The molecule has 1 atom stereocenters. The molecule has 0 aromatic carbocycles. The number of aromatic nitrogens is 1. The Morgan fingerprint density at radius 3 is 3.08 bits per heavy atom. The maximum Gasteiger partial charge on any atom is 0.142 e. The lowest BCUT2D eigenvalue weighted by molar-refractivity contribution is 0.208. The fraction of sp³-hybridized carbons (Fsp3) is 0.375. The average Bonchev–Trinajstić information content (AvgIpc) is 2.07. The fourth-order valence-corrected chi connectivity index (χ4v) is 1.20. The average molecular weight is 246 g/mol. The highest BCUT2D eigenvalue weighted by atomic mass is 79.9. The summed E-state index contributed by atoms with van der Waals surface area (Å²) in [5.74, 6) is 0.654. The minimum absolute atomic E-state index is 0.407. The summed E-state index contributed by atoms with van der Waals surface area (Å²) in [5, 5.41) is 12.0. The summed E-state index contributed by atoms with van der Waals surface area (Å²) in [6.45, 7) is 2.16. The van der Waals surface area contributed by atoms with E-state index in [-0.39, 0.29) is 0 Å². The highest BCUT2D eigenvalue weighted by Gasteiger charge is 2.04. The second-order valence-corrected chi connectivity index (χ2v) is 3.59. The fourth-order valence-electron chi connectivity index (χ4n) is 0.826. The van der Waals surface area contributed by atoms with Gasteiger partial charge < -0.3 is 16.2 Å². The van der Waals surface area contributed by atoms with E-state index in [1.807, 2.05) is 0 Å². The molecule has 4 nitrogen and oxygen atoms in total. The topological polar surface area (TPSA) is 71.2 Å². The first-order valence-corrected chi connectivity index (χ1v) is 4.72. The molecule has 0 saturated heterocycles. The number of aliphatic hydroxyl groups is 1. The molecule has 72 valence electrons. The molecule has 0 radical (unpaired) electrons.